The number of hydrogen-bond acceptors (Lipinski definition) is 15. The van der Waals surface area contributed by atoms with E-state index in [1.54, 1.807) is 7.05 Å². The van der Waals surface area contributed by atoms with Crippen molar-refractivity contribution in [1.82, 2.24) is 16.0 Å². The van der Waals surface area contributed by atoms with E-state index in [0.717, 1.165) is 0 Å². The SMILES string of the molecule is CNC1C(O)C(OC2C(N=C(N)C3(O)CNC3)CC(N)C(OC3OC(CNCCO)CCC3N)C2O)OCC1(C)O. The highest BCUT2D eigenvalue weighted by atomic mass is 16.7. The lowest BCUT2D eigenvalue weighted by atomic mass is 9.83. The minimum Gasteiger partial charge on any atom is -0.395 e. The zero-order valence-electron chi connectivity index (χ0n) is 23.8. The van der Waals surface area contributed by atoms with E-state index in [4.69, 9.17) is 41.3 Å². The van der Waals surface area contributed by atoms with Crippen LogP contribution >= 0.6 is 0 Å². The molecule has 3 heterocycles. The van der Waals surface area contributed by atoms with Gasteiger partial charge >= 0.3 is 0 Å². The number of aliphatic hydroxyl groups is 5. The first kappa shape index (κ1) is 32.8. The molecule has 4 aliphatic rings. The minimum atomic E-state index is -1.37. The molecule has 4 fully saturated rings. The van der Waals surface area contributed by atoms with Crippen molar-refractivity contribution in [3.05, 3.63) is 0 Å². The summed E-state index contributed by atoms with van der Waals surface area (Å²) in [6, 6.07) is -2.79. The van der Waals surface area contributed by atoms with Crippen LogP contribution < -0.4 is 33.2 Å². The number of β-amino-alcohol motifs (C(OH)–C–C–N with tert-alkyl or cyclic N) is 1. The number of ether oxygens (including phenoxy) is 4. The number of aliphatic imine (C=N–C) groups is 1. The fourth-order valence-corrected chi connectivity index (χ4v) is 5.91. The standard InChI is InChI=1S/C25H49N7O9/c1-24(36)11-38-22(17(35)20(24)29-2)41-19-15(32-23(28)25(37)9-31-10-25)7-14(27)18(16(19)34)40-21-13(26)4-3-12(39-21)8-30-5-6-33/h12-22,29-31,33-37H,3-11,26-27H2,1-2H3,(H2,28,32). The summed E-state index contributed by atoms with van der Waals surface area (Å²) in [7, 11) is 1.60. The number of nitrogens with one attached hydrogen (secondary N) is 3. The minimum absolute atomic E-state index is 0.00472. The van der Waals surface area contributed by atoms with Crippen LogP contribution in [0.1, 0.15) is 26.2 Å². The molecule has 12 unspecified atom stereocenters. The maximum absolute atomic E-state index is 11.6. The van der Waals surface area contributed by atoms with Crippen LogP contribution in [-0.4, -0.2) is 156 Å². The summed E-state index contributed by atoms with van der Waals surface area (Å²) in [5, 5.41) is 61.9. The first-order valence-corrected chi connectivity index (χ1v) is 14.3. The number of rotatable bonds is 11. The first-order chi connectivity index (χ1) is 19.4. The Balaban J connectivity index is 1.53. The van der Waals surface area contributed by atoms with Crippen LogP contribution in [0.3, 0.4) is 0 Å². The van der Waals surface area contributed by atoms with Gasteiger partial charge in [-0.1, -0.05) is 0 Å². The van der Waals surface area contributed by atoms with E-state index in [2.05, 4.69) is 20.9 Å². The first-order valence-electron chi connectivity index (χ1n) is 14.3. The van der Waals surface area contributed by atoms with Gasteiger partial charge in [-0.05, 0) is 33.2 Å². The van der Waals surface area contributed by atoms with Gasteiger partial charge in [-0.3, -0.25) is 4.99 Å². The summed E-state index contributed by atoms with van der Waals surface area (Å²) in [4.78, 5) is 4.52. The second-order valence-electron chi connectivity index (χ2n) is 11.9. The predicted octanol–water partition coefficient (Wildman–Crippen LogP) is -5.62. The number of hydrogen-bond donors (Lipinski definition) is 11. The predicted molar refractivity (Wildman–Crippen MR) is 147 cm³/mol. The Bertz CT molecular complexity index is 882. The molecule has 0 aromatic heterocycles. The molecule has 0 spiro atoms. The smallest absolute Gasteiger partial charge is 0.185 e. The topological polar surface area (TPSA) is 265 Å². The van der Waals surface area contributed by atoms with E-state index in [1.165, 1.54) is 6.92 Å². The molecule has 41 heavy (non-hydrogen) atoms. The molecule has 1 saturated carbocycles. The molecule has 16 nitrogen and oxygen atoms in total. The molecule has 16 heteroatoms. The lowest BCUT2D eigenvalue weighted by molar-refractivity contribution is -0.306. The number of nitrogens with zero attached hydrogens (tertiary/aromatic N) is 1. The van der Waals surface area contributed by atoms with Gasteiger partial charge in [0.15, 0.2) is 12.6 Å². The van der Waals surface area contributed by atoms with Gasteiger partial charge in [-0.15, -0.1) is 0 Å². The van der Waals surface area contributed by atoms with Crippen molar-refractivity contribution >= 4 is 5.84 Å². The number of aliphatic hydroxyl groups excluding tert-OH is 3. The summed E-state index contributed by atoms with van der Waals surface area (Å²) >= 11 is 0. The van der Waals surface area contributed by atoms with E-state index < -0.39 is 72.4 Å². The molecule has 0 aromatic carbocycles. The van der Waals surface area contributed by atoms with E-state index in [-0.39, 0.29) is 44.7 Å². The highest BCUT2D eigenvalue weighted by molar-refractivity contribution is 5.90. The Morgan fingerprint density at radius 1 is 1.07 bits per heavy atom. The molecule has 0 radical (unpaired) electrons. The molecule has 3 saturated heterocycles. The number of likely N-dealkylation sites (N-methyl/N-ethyl adjacent to an activating group) is 1. The van der Waals surface area contributed by atoms with E-state index in [0.29, 0.717) is 25.9 Å². The van der Waals surface area contributed by atoms with Gasteiger partial charge in [0.25, 0.3) is 0 Å². The van der Waals surface area contributed by atoms with Crippen LogP contribution in [-0.2, 0) is 18.9 Å². The number of nitrogens with two attached hydrogens (primary N) is 3. The van der Waals surface area contributed by atoms with Crippen molar-refractivity contribution in [1.29, 1.82) is 0 Å². The second kappa shape index (κ2) is 13.7. The summed E-state index contributed by atoms with van der Waals surface area (Å²) in [5.41, 5.74) is 16.3. The van der Waals surface area contributed by atoms with Crippen LogP contribution in [0.25, 0.3) is 0 Å². The monoisotopic (exact) mass is 591 g/mol. The zero-order valence-corrected chi connectivity index (χ0v) is 23.8. The summed E-state index contributed by atoms with van der Waals surface area (Å²) in [5.74, 6) is -0.0226. The van der Waals surface area contributed by atoms with Gasteiger partial charge in [0, 0.05) is 32.2 Å². The van der Waals surface area contributed by atoms with Gasteiger partial charge in [0.1, 0.15) is 41.5 Å². The normalized spacial score (nSPS) is 45.3. The van der Waals surface area contributed by atoms with Gasteiger partial charge in [-0.2, -0.15) is 0 Å². The third-order valence-corrected chi connectivity index (χ3v) is 8.49. The van der Waals surface area contributed by atoms with Crippen molar-refractivity contribution in [2.24, 2.45) is 22.2 Å². The van der Waals surface area contributed by atoms with Crippen LogP contribution in [0.15, 0.2) is 4.99 Å². The Hall–Kier alpha value is -1.09. The average Bonchev–Trinajstić information content (AvgIpc) is 2.90. The summed E-state index contributed by atoms with van der Waals surface area (Å²) in [6.45, 7) is 2.79. The van der Waals surface area contributed by atoms with Gasteiger partial charge in [-0.25, -0.2) is 0 Å². The Kier molecular flexibility index (Phi) is 11.0. The molecule has 0 aromatic rings. The second-order valence-corrected chi connectivity index (χ2v) is 11.9. The van der Waals surface area contributed by atoms with Crippen molar-refractivity contribution in [3.8, 4) is 0 Å². The molecule has 0 bridgehead atoms. The van der Waals surface area contributed by atoms with Crippen molar-refractivity contribution in [2.45, 2.75) is 105 Å². The Labute approximate surface area is 239 Å². The molecular weight excluding hydrogens is 542 g/mol. The van der Waals surface area contributed by atoms with E-state index >= 15 is 0 Å². The molecular formula is C25H49N7O9. The molecule has 14 N–H and O–H groups in total. The highest BCUT2D eigenvalue weighted by Gasteiger charge is 2.52. The third-order valence-electron chi connectivity index (χ3n) is 8.49. The molecule has 238 valence electrons. The molecule has 12 atom stereocenters. The van der Waals surface area contributed by atoms with Crippen molar-refractivity contribution in [2.75, 3.05) is 46.4 Å². The Morgan fingerprint density at radius 2 is 1.78 bits per heavy atom. The summed E-state index contributed by atoms with van der Waals surface area (Å²) in [6.07, 6.45) is -5.57. The van der Waals surface area contributed by atoms with Crippen LogP contribution in [0.4, 0.5) is 0 Å². The van der Waals surface area contributed by atoms with Gasteiger partial charge in [0.2, 0.25) is 0 Å². The van der Waals surface area contributed by atoms with Gasteiger partial charge < -0.3 is 77.6 Å². The van der Waals surface area contributed by atoms with Crippen LogP contribution in [0, 0.1) is 0 Å². The maximum atomic E-state index is 11.6. The quantitative estimate of drug-likeness (QED) is 0.0607. The third kappa shape index (κ3) is 7.35. The van der Waals surface area contributed by atoms with Gasteiger partial charge in [0.05, 0.1) is 37.4 Å². The maximum Gasteiger partial charge on any atom is 0.185 e. The molecule has 0 amide bonds. The molecule has 3 aliphatic heterocycles. The molecule has 4 rings (SSSR count). The number of amidine groups is 1. The summed E-state index contributed by atoms with van der Waals surface area (Å²) < 4.78 is 24.1. The van der Waals surface area contributed by atoms with E-state index in [9.17, 15) is 20.4 Å². The fourth-order valence-electron chi connectivity index (χ4n) is 5.91. The lowest BCUT2D eigenvalue weighted by Crippen LogP contribution is -2.69. The molecule has 1 aliphatic carbocycles. The largest absolute Gasteiger partial charge is 0.395 e. The van der Waals surface area contributed by atoms with Crippen molar-refractivity contribution < 1.29 is 44.5 Å². The van der Waals surface area contributed by atoms with Crippen molar-refractivity contribution in [3.63, 3.8) is 0 Å². The Morgan fingerprint density at radius 3 is 2.41 bits per heavy atom. The lowest BCUT2D eigenvalue weighted by Gasteiger charge is -2.48. The zero-order chi connectivity index (χ0) is 29.9. The van der Waals surface area contributed by atoms with Crippen LogP contribution in [0.2, 0.25) is 0 Å². The highest BCUT2D eigenvalue weighted by Crippen LogP contribution is 2.33. The van der Waals surface area contributed by atoms with Crippen LogP contribution in [0.5, 0.6) is 0 Å². The van der Waals surface area contributed by atoms with E-state index in [1.807, 2.05) is 0 Å². The average molecular weight is 592 g/mol. The fraction of sp³-hybridized carbons (Fsp3) is 0.960.